The molecular weight excluding hydrogens is 483 g/mol. The first-order chi connectivity index (χ1) is 17.4. The Morgan fingerprint density at radius 3 is 2.47 bits per heavy atom. The van der Waals surface area contributed by atoms with E-state index in [4.69, 9.17) is 9.47 Å². The topological polar surface area (TPSA) is 84.9 Å². The molecule has 3 aromatic carbocycles. The highest BCUT2D eigenvalue weighted by Gasteiger charge is 2.36. The molecule has 3 aromatic rings. The molecule has 0 spiro atoms. The summed E-state index contributed by atoms with van der Waals surface area (Å²) < 4.78 is 25.1. The third-order valence-electron chi connectivity index (χ3n) is 5.17. The molecule has 0 radical (unpaired) electrons. The van der Waals surface area contributed by atoms with E-state index in [-0.39, 0.29) is 17.3 Å². The number of benzene rings is 3. The third kappa shape index (κ3) is 6.11. The molecule has 7 nitrogen and oxygen atoms in total. The molecule has 4 rings (SSSR count). The molecular formula is C27H23FN2O5S. The number of carbonyl (C=O) groups excluding carboxylic acids is 3. The standard InChI is InChI=1S/C27H23FN2O5S/c1-2-34-21-13-11-20(12-14-21)29-25(31)16-30-26(32)24(36-27(30)33)15-18-7-4-6-10-23(18)35-17-19-8-3-5-9-22(19)28/h3-15H,2,16-17H2,1H3,(H,29,31)/b24-15+. The van der Waals surface area contributed by atoms with Crippen LogP contribution >= 0.6 is 11.8 Å². The van der Waals surface area contributed by atoms with Crippen molar-refractivity contribution < 1.29 is 28.2 Å². The number of hydrogen-bond donors (Lipinski definition) is 1. The van der Waals surface area contributed by atoms with Crippen LogP contribution in [0.5, 0.6) is 11.5 Å². The molecule has 0 aliphatic carbocycles. The van der Waals surface area contributed by atoms with E-state index in [9.17, 15) is 18.8 Å². The fraction of sp³-hybridized carbons (Fsp3) is 0.148. The summed E-state index contributed by atoms with van der Waals surface area (Å²) in [7, 11) is 0. The second kappa shape index (κ2) is 11.5. The summed E-state index contributed by atoms with van der Waals surface area (Å²) in [6.45, 7) is 1.99. The number of carbonyl (C=O) groups is 3. The normalized spacial score (nSPS) is 14.3. The molecule has 0 atom stereocenters. The summed E-state index contributed by atoms with van der Waals surface area (Å²) in [5, 5.41) is 2.13. The Bertz CT molecular complexity index is 1310. The minimum atomic E-state index is -0.573. The van der Waals surface area contributed by atoms with Crippen molar-refractivity contribution in [1.82, 2.24) is 4.90 Å². The number of para-hydroxylation sites is 1. The fourth-order valence-electron chi connectivity index (χ4n) is 3.42. The summed E-state index contributed by atoms with van der Waals surface area (Å²) >= 11 is 0.744. The van der Waals surface area contributed by atoms with Gasteiger partial charge >= 0.3 is 0 Å². The molecule has 3 amide bonds. The molecule has 36 heavy (non-hydrogen) atoms. The van der Waals surface area contributed by atoms with Crippen LogP contribution in [0.1, 0.15) is 18.1 Å². The van der Waals surface area contributed by atoms with Crippen molar-refractivity contribution in [3.05, 3.63) is 94.6 Å². The number of nitrogens with one attached hydrogen (secondary N) is 1. The maximum atomic E-state index is 13.9. The Morgan fingerprint density at radius 2 is 1.72 bits per heavy atom. The van der Waals surface area contributed by atoms with E-state index in [1.54, 1.807) is 66.7 Å². The zero-order valence-corrected chi connectivity index (χ0v) is 20.2. The number of amides is 3. The molecule has 1 aliphatic heterocycles. The zero-order valence-electron chi connectivity index (χ0n) is 19.4. The first kappa shape index (κ1) is 25.0. The highest BCUT2D eigenvalue weighted by atomic mass is 32.2. The number of rotatable bonds is 9. The van der Waals surface area contributed by atoms with Crippen LogP contribution in [0.25, 0.3) is 6.08 Å². The van der Waals surface area contributed by atoms with Gasteiger partial charge < -0.3 is 14.8 Å². The lowest BCUT2D eigenvalue weighted by Gasteiger charge is -2.13. The van der Waals surface area contributed by atoms with Crippen LogP contribution in [-0.2, 0) is 16.2 Å². The molecule has 0 unspecified atom stereocenters. The largest absolute Gasteiger partial charge is 0.494 e. The first-order valence-corrected chi connectivity index (χ1v) is 12.0. The van der Waals surface area contributed by atoms with Crippen LogP contribution in [0.2, 0.25) is 0 Å². The lowest BCUT2D eigenvalue weighted by atomic mass is 10.1. The number of ether oxygens (including phenoxy) is 2. The van der Waals surface area contributed by atoms with Gasteiger partial charge in [0.15, 0.2) is 0 Å². The molecule has 0 bridgehead atoms. The predicted molar refractivity (Wildman–Crippen MR) is 136 cm³/mol. The van der Waals surface area contributed by atoms with Gasteiger partial charge in [0.1, 0.15) is 30.5 Å². The van der Waals surface area contributed by atoms with E-state index in [0.717, 1.165) is 16.7 Å². The number of thioether (sulfide) groups is 1. The third-order valence-corrected chi connectivity index (χ3v) is 6.08. The fourth-order valence-corrected chi connectivity index (χ4v) is 4.25. The van der Waals surface area contributed by atoms with Crippen LogP contribution in [0.3, 0.4) is 0 Å². The van der Waals surface area contributed by atoms with Gasteiger partial charge in [-0.1, -0.05) is 36.4 Å². The van der Waals surface area contributed by atoms with Crippen LogP contribution < -0.4 is 14.8 Å². The van der Waals surface area contributed by atoms with Gasteiger partial charge in [-0.05, 0) is 61.2 Å². The Hall–Kier alpha value is -4.11. The van der Waals surface area contributed by atoms with E-state index < -0.39 is 23.6 Å². The quantitative estimate of drug-likeness (QED) is 0.387. The molecule has 1 N–H and O–H groups in total. The lowest BCUT2D eigenvalue weighted by molar-refractivity contribution is -0.127. The van der Waals surface area contributed by atoms with Gasteiger partial charge in [0.05, 0.1) is 11.5 Å². The minimum absolute atomic E-state index is 0.00469. The number of hydrogen-bond acceptors (Lipinski definition) is 6. The highest BCUT2D eigenvalue weighted by molar-refractivity contribution is 8.18. The molecule has 1 aliphatic rings. The van der Waals surface area contributed by atoms with Crippen molar-refractivity contribution in [3.63, 3.8) is 0 Å². The van der Waals surface area contributed by atoms with Crippen LogP contribution in [0.4, 0.5) is 14.9 Å². The molecule has 1 fully saturated rings. The minimum Gasteiger partial charge on any atom is -0.494 e. The van der Waals surface area contributed by atoms with Gasteiger partial charge in [-0.3, -0.25) is 19.3 Å². The Morgan fingerprint density at radius 1 is 1.00 bits per heavy atom. The number of anilines is 1. The van der Waals surface area contributed by atoms with Crippen LogP contribution in [0.15, 0.2) is 77.7 Å². The average Bonchev–Trinajstić information content (AvgIpc) is 3.13. The van der Waals surface area contributed by atoms with Gasteiger partial charge in [0.2, 0.25) is 5.91 Å². The predicted octanol–water partition coefficient (Wildman–Crippen LogP) is 5.48. The summed E-state index contributed by atoms with van der Waals surface area (Å²) in [6, 6.07) is 20.0. The monoisotopic (exact) mass is 506 g/mol. The van der Waals surface area contributed by atoms with Gasteiger partial charge in [-0.2, -0.15) is 0 Å². The van der Waals surface area contributed by atoms with E-state index in [0.29, 0.717) is 34.9 Å². The van der Waals surface area contributed by atoms with Crippen molar-refractivity contribution in [2.24, 2.45) is 0 Å². The number of halogens is 1. The summed E-state index contributed by atoms with van der Waals surface area (Å²) in [4.78, 5) is 38.9. The van der Waals surface area contributed by atoms with Gasteiger partial charge in [-0.25, -0.2) is 4.39 Å². The maximum Gasteiger partial charge on any atom is 0.294 e. The maximum absolute atomic E-state index is 13.9. The van der Waals surface area contributed by atoms with E-state index >= 15 is 0 Å². The van der Waals surface area contributed by atoms with Crippen molar-refractivity contribution >= 4 is 40.6 Å². The van der Waals surface area contributed by atoms with E-state index in [1.807, 2.05) is 6.92 Å². The Kier molecular flexibility index (Phi) is 8.02. The van der Waals surface area contributed by atoms with Crippen molar-refractivity contribution in [3.8, 4) is 11.5 Å². The second-order valence-corrected chi connectivity index (χ2v) is 8.68. The van der Waals surface area contributed by atoms with Gasteiger partial charge in [0.25, 0.3) is 11.1 Å². The molecule has 9 heteroatoms. The smallest absolute Gasteiger partial charge is 0.294 e. The average molecular weight is 507 g/mol. The number of nitrogens with zero attached hydrogens (tertiary/aromatic N) is 1. The van der Waals surface area contributed by atoms with Crippen LogP contribution in [-0.4, -0.2) is 35.1 Å². The molecule has 184 valence electrons. The molecule has 0 saturated carbocycles. The highest BCUT2D eigenvalue weighted by Crippen LogP contribution is 2.34. The van der Waals surface area contributed by atoms with Gasteiger partial charge in [-0.15, -0.1) is 0 Å². The van der Waals surface area contributed by atoms with E-state index in [2.05, 4.69) is 5.32 Å². The molecule has 0 aromatic heterocycles. The van der Waals surface area contributed by atoms with Crippen molar-refractivity contribution in [2.75, 3.05) is 18.5 Å². The molecule has 1 heterocycles. The number of imide groups is 1. The van der Waals surface area contributed by atoms with Crippen molar-refractivity contribution in [1.29, 1.82) is 0 Å². The van der Waals surface area contributed by atoms with Gasteiger partial charge in [0, 0.05) is 16.8 Å². The SMILES string of the molecule is CCOc1ccc(NC(=O)CN2C(=O)S/C(=C/c3ccccc3OCc3ccccc3F)C2=O)cc1. The Balaban J connectivity index is 1.42. The second-order valence-electron chi connectivity index (χ2n) is 7.69. The van der Waals surface area contributed by atoms with Crippen LogP contribution in [0, 0.1) is 5.82 Å². The zero-order chi connectivity index (χ0) is 25.5. The first-order valence-electron chi connectivity index (χ1n) is 11.2. The lowest BCUT2D eigenvalue weighted by Crippen LogP contribution is -2.36. The van der Waals surface area contributed by atoms with E-state index in [1.165, 1.54) is 12.1 Å². The summed E-state index contributed by atoms with van der Waals surface area (Å²) in [6.07, 6.45) is 1.53. The summed E-state index contributed by atoms with van der Waals surface area (Å²) in [5.41, 5.74) is 1.47. The summed E-state index contributed by atoms with van der Waals surface area (Å²) in [5.74, 6) is -0.350. The van der Waals surface area contributed by atoms with Crippen molar-refractivity contribution in [2.45, 2.75) is 13.5 Å². The molecule has 1 saturated heterocycles. The Labute approximate surface area is 211 Å².